The van der Waals surface area contributed by atoms with Crippen molar-refractivity contribution in [2.45, 2.75) is 39.3 Å². The molecule has 0 saturated carbocycles. The molecule has 1 amide bonds. The third-order valence-electron chi connectivity index (χ3n) is 1.70. The van der Waals surface area contributed by atoms with Crippen LogP contribution in [-0.4, -0.2) is 28.7 Å². The smallest absolute Gasteiger partial charge is 0.408 e. The minimum absolute atomic E-state index is 0.225. The van der Waals surface area contributed by atoms with Gasteiger partial charge in [-0.25, -0.2) is 14.6 Å². The summed E-state index contributed by atoms with van der Waals surface area (Å²) in [7, 11) is 0. The van der Waals surface area contributed by atoms with Crippen LogP contribution in [0.15, 0.2) is 10.9 Å². The van der Waals surface area contributed by atoms with E-state index in [4.69, 9.17) is 9.47 Å². The zero-order valence-corrected chi connectivity index (χ0v) is 11.5. The Kier molecular flexibility index (Phi) is 4.66. The molecule has 0 saturated heterocycles. The van der Waals surface area contributed by atoms with E-state index >= 15 is 0 Å². The lowest BCUT2D eigenvalue weighted by Gasteiger charge is -2.21. The van der Waals surface area contributed by atoms with Crippen LogP contribution >= 0.6 is 11.3 Å². The number of alkyl carbamates (subject to hydrolysis) is 1. The Bertz CT molecular complexity index is 411. The van der Waals surface area contributed by atoms with Crippen molar-refractivity contribution >= 4 is 23.4 Å². The zero-order chi connectivity index (χ0) is 13.8. The van der Waals surface area contributed by atoms with Crippen LogP contribution in [0.2, 0.25) is 0 Å². The number of carbonyl (C=O) groups is 2. The van der Waals surface area contributed by atoms with E-state index in [1.807, 2.05) is 0 Å². The van der Waals surface area contributed by atoms with Gasteiger partial charge in [-0.3, -0.25) is 0 Å². The van der Waals surface area contributed by atoms with Crippen LogP contribution in [0.1, 0.15) is 27.7 Å². The summed E-state index contributed by atoms with van der Waals surface area (Å²) in [5.74, 6) is -0.366. The van der Waals surface area contributed by atoms with Crippen LogP contribution in [0.4, 0.5) is 4.79 Å². The second-order valence-electron chi connectivity index (χ2n) is 4.62. The monoisotopic (exact) mass is 272 g/mol. The van der Waals surface area contributed by atoms with Gasteiger partial charge >= 0.3 is 12.1 Å². The number of carbonyl (C=O) groups excluding carboxylic acids is 2. The number of thiazole rings is 1. The summed E-state index contributed by atoms with van der Waals surface area (Å²) in [6.45, 7) is 6.74. The predicted octanol–water partition coefficient (Wildman–Crippen LogP) is 1.96. The molecule has 1 rings (SSSR count). The second kappa shape index (κ2) is 5.81. The molecule has 0 radical (unpaired) electrons. The molecule has 0 unspecified atom stereocenters. The molecule has 100 valence electrons. The van der Waals surface area contributed by atoms with E-state index in [1.165, 1.54) is 18.3 Å². The predicted molar refractivity (Wildman–Crippen MR) is 66.6 cm³/mol. The molecule has 18 heavy (non-hydrogen) atoms. The number of nitrogens with zero attached hydrogens (tertiary/aromatic N) is 1. The van der Waals surface area contributed by atoms with Crippen molar-refractivity contribution in [1.29, 1.82) is 0 Å². The third kappa shape index (κ3) is 5.13. The standard InChI is InChI=1S/C11H16N2O4S/c1-7(13-10(15)17-11(2,3)4)9(14)16-8-5-18-6-12-8/h5-7H,1-4H3,(H,13,15)/t7-/m0/s1. The lowest BCUT2D eigenvalue weighted by molar-refractivity contribution is -0.136. The number of hydrogen-bond donors (Lipinski definition) is 1. The maximum Gasteiger partial charge on any atom is 0.408 e. The minimum atomic E-state index is -0.804. The van der Waals surface area contributed by atoms with Crippen LogP contribution in [0.25, 0.3) is 0 Å². The molecule has 1 N–H and O–H groups in total. The van der Waals surface area contributed by atoms with E-state index in [0.29, 0.717) is 0 Å². The Balaban J connectivity index is 2.42. The summed E-state index contributed by atoms with van der Waals surface area (Å²) in [6.07, 6.45) is -0.662. The molecule has 0 spiro atoms. The average molecular weight is 272 g/mol. The summed E-state index contributed by atoms with van der Waals surface area (Å²) < 4.78 is 9.96. The topological polar surface area (TPSA) is 77.5 Å². The third-order valence-corrected chi connectivity index (χ3v) is 2.27. The number of hydrogen-bond acceptors (Lipinski definition) is 6. The van der Waals surface area contributed by atoms with Crippen LogP contribution in [-0.2, 0) is 9.53 Å². The molecule has 0 aliphatic carbocycles. The minimum Gasteiger partial charge on any atom is -0.444 e. The van der Waals surface area contributed by atoms with Gasteiger partial charge in [-0.1, -0.05) is 0 Å². The van der Waals surface area contributed by atoms with Gasteiger partial charge < -0.3 is 14.8 Å². The number of rotatable bonds is 3. The van der Waals surface area contributed by atoms with Crippen molar-refractivity contribution in [3.63, 3.8) is 0 Å². The number of aromatic nitrogens is 1. The Hall–Kier alpha value is -1.63. The van der Waals surface area contributed by atoms with Crippen LogP contribution in [0.3, 0.4) is 0 Å². The Morgan fingerprint density at radius 1 is 1.44 bits per heavy atom. The molecular formula is C11H16N2O4S. The average Bonchev–Trinajstić information content (AvgIpc) is 2.66. The fraction of sp³-hybridized carbons (Fsp3) is 0.545. The van der Waals surface area contributed by atoms with E-state index in [9.17, 15) is 9.59 Å². The molecule has 0 fully saturated rings. The second-order valence-corrected chi connectivity index (χ2v) is 5.33. The van der Waals surface area contributed by atoms with Gasteiger partial charge in [0.15, 0.2) is 0 Å². The van der Waals surface area contributed by atoms with Crippen LogP contribution in [0, 0.1) is 0 Å². The Labute approximate surface area is 109 Å². The summed E-state index contributed by atoms with van der Waals surface area (Å²) in [5.41, 5.74) is 0.942. The first-order valence-electron chi connectivity index (χ1n) is 5.37. The zero-order valence-electron chi connectivity index (χ0n) is 10.7. The fourth-order valence-electron chi connectivity index (χ4n) is 0.987. The first kappa shape index (κ1) is 14.4. The first-order chi connectivity index (χ1) is 8.28. The molecule has 7 heteroatoms. The van der Waals surface area contributed by atoms with Gasteiger partial charge in [0.05, 0.1) is 10.9 Å². The van der Waals surface area contributed by atoms with E-state index in [1.54, 1.807) is 31.7 Å². The summed E-state index contributed by atoms with van der Waals surface area (Å²) in [4.78, 5) is 26.8. The van der Waals surface area contributed by atoms with Crippen molar-refractivity contribution in [2.24, 2.45) is 0 Å². The van der Waals surface area contributed by atoms with Gasteiger partial charge in [-0.05, 0) is 27.7 Å². The number of esters is 1. The summed E-state index contributed by atoms with van der Waals surface area (Å²) >= 11 is 1.31. The maximum absolute atomic E-state index is 11.6. The van der Waals surface area contributed by atoms with E-state index < -0.39 is 23.7 Å². The van der Waals surface area contributed by atoms with Gasteiger partial charge in [-0.2, -0.15) is 0 Å². The molecule has 1 heterocycles. The van der Waals surface area contributed by atoms with Gasteiger partial charge in [0, 0.05) is 0 Å². The molecule has 0 aliphatic rings. The molecular weight excluding hydrogens is 256 g/mol. The number of amides is 1. The normalized spacial score (nSPS) is 12.7. The van der Waals surface area contributed by atoms with Crippen molar-refractivity contribution < 1.29 is 19.1 Å². The van der Waals surface area contributed by atoms with E-state index in [2.05, 4.69) is 10.3 Å². The van der Waals surface area contributed by atoms with Crippen molar-refractivity contribution in [1.82, 2.24) is 10.3 Å². The Morgan fingerprint density at radius 2 is 2.11 bits per heavy atom. The van der Waals surface area contributed by atoms with Crippen molar-refractivity contribution in [3.05, 3.63) is 10.9 Å². The highest BCUT2D eigenvalue weighted by Gasteiger charge is 2.22. The molecule has 1 atom stereocenters. The van der Waals surface area contributed by atoms with Gasteiger partial charge in [-0.15, -0.1) is 11.3 Å². The lowest BCUT2D eigenvalue weighted by atomic mass is 10.2. The summed E-state index contributed by atoms with van der Waals surface area (Å²) in [6, 6.07) is -0.804. The van der Waals surface area contributed by atoms with E-state index in [-0.39, 0.29) is 5.88 Å². The maximum atomic E-state index is 11.6. The van der Waals surface area contributed by atoms with Crippen molar-refractivity contribution in [3.8, 4) is 5.88 Å². The quantitative estimate of drug-likeness (QED) is 0.851. The van der Waals surface area contributed by atoms with E-state index in [0.717, 1.165) is 0 Å². The highest BCUT2D eigenvalue weighted by Crippen LogP contribution is 2.11. The number of nitrogens with one attached hydrogen (secondary N) is 1. The van der Waals surface area contributed by atoms with Gasteiger partial charge in [0.25, 0.3) is 0 Å². The lowest BCUT2D eigenvalue weighted by Crippen LogP contribution is -2.43. The van der Waals surface area contributed by atoms with Gasteiger partial charge in [0.1, 0.15) is 11.6 Å². The fourth-order valence-corrected chi connectivity index (χ4v) is 1.44. The van der Waals surface area contributed by atoms with Gasteiger partial charge in [0.2, 0.25) is 5.88 Å². The molecule has 1 aromatic heterocycles. The largest absolute Gasteiger partial charge is 0.444 e. The molecule has 1 aromatic rings. The summed E-state index contributed by atoms with van der Waals surface area (Å²) in [5, 5.41) is 3.98. The highest BCUT2D eigenvalue weighted by molar-refractivity contribution is 7.07. The molecule has 0 bridgehead atoms. The Morgan fingerprint density at radius 3 is 2.61 bits per heavy atom. The molecule has 6 nitrogen and oxygen atoms in total. The SMILES string of the molecule is C[C@H](NC(=O)OC(C)(C)C)C(=O)Oc1cscn1. The number of ether oxygens (including phenoxy) is 2. The molecule has 0 aromatic carbocycles. The van der Waals surface area contributed by atoms with Crippen molar-refractivity contribution in [2.75, 3.05) is 0 Å². The molecule has 0 aliphatic heterocycles. The first-order valence-corrected chi connectivity index (χ1v) is 6.31. The van der Waals surface area contributed by atoms with Crippen LogP contribution < -0.4 is 10.1 Å². The van der Waals surface area contributed by atoms with Crippen LogP contribution in [0.5, 0.6) is 5.88 Å². The highest BCUT2D eigenvalue weighted by atomic mass is 32.1.